The minimum absolute atomic E-state index is 0.123. The standard InChI is InChI=1S/C19H21F2N3O/c1-12-15-6-14(20)7-17(21)16(15)8-18(22-12)24-10-19(25-11-24)9-23-4-2-13(19)3-5-23/h6-8,13H,2-5,9-11H2,1H3/t19-/m1/s1. The first-order valence-electron chi connectivity index (χ1n) is 8.92. The molecule has 4 aliphatic rings. The van der Waals surface area contributed by atoms with E-state index in [-0.39, 0.29) is 5.60 Å². The van der Waals surface area contributed by atoms with E-state index in [9.17, 15) is 8.78 Å². The highest BCUT2D eigenvalue weighted by molar-refractivity contribution is 5.87. The Kier molecular flexibility index (Phi) is 3.31. The zero-order valence-corrected chi connectivity index (χ0v) is 14.3. The number of piperidine rings is 3. The van der Waals surface area contributed by atoms with Gasteiger partial charge in [-0.05, 0) is 50.9 Å². The Labute approximate surface area is 145 Å². The summed E-state index contributed by atoms with van der Waals surface area (Å²) in [7, 11) is 0. The fraction of sp³-hybridized carbons (Fsp3) is 0.526. The summed E-state index contributed by atoms with van der Waals surface area (Å²) in [6.07, 6.45) is 2.37. The molecule has 2 aromatic rings. The quantitative estimate of drug-likeness (QED) is 0.794. The van der Waals surface area contributed by atoms with Crippen molar-refractivity contribution in [3.8, 4) is 0 Å². The van der Waals surface area contributed by atoms with Gasteiger partial charge in [-0.1, -0.05) is 0 Å². The molecule has 0 unspecified atom stereocenters. The number of ether oxygens (including phenoxy) is 1. The first kappa shape index (κ1) is 15.5. The van der Waals surface area contributed by atoms with Crippen LogP contribution in [0.25, 0.3) is 10.8 Å². The van der Waals surface area contributed by atoms with Crippen LogP contribution in [0.1, 0.15) is 18.5 Å². The van der Waals surface area contributed by atoms with E-state index in [0.717, 1.165) is 19.2 Å². The molecule has 4 nitrogen and oxygen atoms in total. The van der Waals surface area contributed by atoms with Crippen LogP contribution >= 0.6 is 0 Å². The molecule has 1 atom stereocenters. The number of aryl methyl sites for hydroxylation is 1. The average molecular weight is 345 g/mol. The summed E-state index contributed by atoms with van der Waals surface area (Å²) in [6.45, 7) is 6.37. The van der Waals surface area contributed by atoms with Crippen LogP contribution < -0.4 is 4.90 Å². The number of rotatable bonds is 1. The lowest BCUT2D eigenvalue weighted by molar-refractivity contribution is -0.116. The zero-order chi connectivity index (χ0) is 17.2. The maximum atomic E-state index is 14.2. The van der Waals surface area contributed by atoms with E-state index in [1.165, 1.54) is 32.0 Å². The molecule has 0 N–H and O–H groups in total. The van der Waals surface area contributed by atoms with Crippen molar-refractivity contribution in [3.05, 3.63) is 35.5 Å². The Bertz CT molecular complexity index is 850. The van der Waals surface area contributed by atoms with Gasteiger partial charge in [0, 0.05) is 29.1 Å². The van der Waals surface area contributed by atoms with Gasteiger partial charge in [0.1, 0.15) is 29.8 Å². The maximum Gasteiger partial charge on any atom is 0.134 e. The molecule has 2 bridgehead atoms. The van der Waals surface area contributed by atoms with Crippen molar-refractivity contribution in [2.45, 2.75) is 25.4 Å². The molecule has 1 spiro atoms. The molecule has 132 valence electrons. The second kappa shape index (κ2) is 5.35. The second-order valence-corrected chi connectivity index (χ2v) is 7.64. The maximum absolute atomic E-state index is 14.2. The van der Waals surface area contributed by atoms with E-state index in [4.69, 9.17) is 4.74 Å². The summed E-state index contributed by atoms with van der Waals surface area (Å²) in [6, 6.07) is 4.00. The monoisotopic (exact) mass is 345 g/mol. The number of hydrogen-bond donors (Lipinski definition) is 0. The van der Waals surface area contributed by atoms with Crippen molar-refractivity contribution < 1.29 is 13.5 Å². The van der Waals surface area contributed by atoms with Gasteiger partial charge in [-0.25, -0.2) is 13.8 Å². The molecule has 4 saturated heterocycles. The number of pyridine rings is 1. The summed E-state index contributed by atoms with van der Waals surface area (Å²) in [5, 5.41) is 0.942. The van der Waals surface area contributed by atoms with Crippen LogP contribution in [-0.4, -0.2) is 48.4 Å². The zero-order valence-electron chi connectivity index (χ0n) is 14.3. The average Bonchev–Trinajstić information content (AvgIpc) is 3.00. The first-order chi connectivity index (χ1) is 12.0. The van der Waals surface area contributed by atoms with Crippen LogP contribution in [0.4, 0.5) is 14.6 Å². The minimum atomic E-state index is -0.571. The highest BCUT2D eigenvalue weighted by Crippen LogP contribution is 2.42. The van der Waals surface area contributed by atoms with Crippen molar-refractivity contribution in [2.24, 2.45) is 5.92 Å². The van der Waals surface area contributed by atoms with E-state index in [0.29, 0.717) is 34.9 Å². The van der Waals surface area contributed by atoms with E-state index in [2.05, 4.69) is 14.8 Å². The lowest BCUT2D eigenvalue weighted by atomic mass is 9.75. The number of halogens is 2. The molecular weight excluding hydrogens is 324 g/mol. The fourth-order valence-electron chi connectivity index (χ4n) is 4.82. The van der Waals surface area contributed by atoms with Crippen molar-refractivity contribution in [1.29, 1.82) is 0 Å². The molecule has 0 saturated carbocycles. The Morgan fingerprint density at radius 3 is 2.64 bits per heavy atom. The van der Waals surface area contributed by atoms with E-state index in [1.807, 2.05) is 0 Å². The lowest BCUT2D eigenvalue weighted by Crippen LogP contribution is -2.61. The van der Waals surface area contributed by atoms with Crippen molar-refractivity contribution in [3.63, 3.8) is 0 Å². The van der Waals surface area contributed by atoms with Crippen molar-refractivity contribution >= 4 is 16.6 Å². The second-order valence-electron chi connectivity index (χ2n) is 7.64. The molecule has 4 fully saturated rings. The molecule has 6 heteroatoms. The molecule has 0 radical (unpaired) electrons. The number of aromatic nitrogens is 1. The molecule has 0 aliphatic carbocycles. The molecular formula is C19H21F2N3O. The Balaban J connectivity index is 1.50. The summed E-state index contributed by atoms with van der Waals surface area (Å²) in [5.41, 5.74) is 0.517. The Hall–Kier alpha value is -1.79. The molecule has 0 amide bonds. The van der Waals surface area contributed by atoms with Crippen LogP contribution in [0, 0.1) is 24.5 Å². The van der Waals surface area contributed by atoms with Crippen LogP contribution in [0.5, 0.6) is 0 Å². The largest absolute Gasteiger partial charge is 0.351 e. The van der Waals surface area contributed by atoms with Gasteiger partial charge in [-0.15, -0.1) is 0 Å². The molecule has 5 heterocycles. The third kappa shape index (κ3) is 2.34. The Morgan fingerprint density at radius 2 is 1.92 bits per heavy atom. The fourth-order valence-corrected chi connectivity index (χ4v) is 4.82. The molecule has 1 aromatic heterocycles. The van der Waals surface area contributed by atoms with Crippen LogP contribution in [0.15, 0.2) is 18.2 Å². The Morgan fingerprint density at radius 1 is 1.12 bits per heavy atom. The molecule has 1 aromatic carbocycles. The van der Waals surface area contributed by atoms with E-state index < -0.39 is 11.6 Å². The van der Waals surface area contributed by atoms with Gasteiger partial charge in [0.15, 0.2) is 0 Å². The van der Waals surface area contributed by atoms with Gasteiger partial charge in [0.2, 0.25) is 0 Å². The van der Waals surface area contributed by atoms with Gasteiger partial charge < -0.3 is 14.5 Å². The summed E-state index contributed by atoms with van der Waals surface area (Å²) < 4.78 is 34.0. The number of hydrogen-bond acceptors (Lipinski definition) is 4. The molecule has 25 heavy (non-hydrogen) atoms. The lowest BCUT2D eigenvalue weighted by Gasteiger charge is -2.50. The van der Waals surface area contributed by atoms with Crippen LogP contribution in [0.3, 0.4) is 0 Å². The van der Waals surface area contributed by atoms with E-state index in [1.54, 1.807) is 13.0 Å². The van der Waals surface area contributed by atoms with Crippen LogP contribution in [-0.2, 0) is 4.74 Å². The summed E-state index contributed by atoms with van der Waals surface area (Å²) in [4.78, 5) is 9.18. The number of benzene rings is 1. The number of nitrogens with zero attached hydrogens (tertiary/aromatic N) is 3. The smallest absolute Gasteiger partial charge is 0.134 e. The van der Waals surface area contributed by atoms with Gasteiger partial charge in [0.25, 0.3) is 0 Å². The molecule has 6 rings (SSSR count). The van der Waals surface area contributed by atoms with E-state index >= 15 is 0 Å². The van der Waals surface area contributed by atoms with Crippen LogP contribution in [0.2, 0.25) is 0 Å². The van der Waals surface area contributed by atoms with Gasteiger partial charge >= 0.3 is 0 Å². The highest BCUT2D eigenvalue weighted by atomic mass is 19.1. The first-order valence-corrected chi connectivity index (χ1v) is 8.92. The number of anilines is 1. The third-order valence-corrected chi connectivity index (χ3v) is 6.15. The highest BCUT2D eigenvalue weighted by Gasteiger charge is 2.51. The predicted octanol–water partition coefficient (Wildman–Crippen LogP) is 3.08. The molecule has 4 aliphatic heterocycles. The van der Waals surface area contributed by atoms with Gasteiger partial charge in [0.05, 0.1) is 6.54 Å². The summed E-state index contributed by atoms with van der Waals surface area (Å²) >= 11 is 0. The topological polar surface area (TPSA) is 28.6 Å². The van der Waals surface area contributed by atoms with Gasteiger partial charge in [-0.2, -0.15) is 0 Å². The SMILES string of the molecule is Cc1nc(N2CO[C@]3(CN4CCC3CC4)C2)cc2c(F)cc(F)cc12. The van der Waals surface area contributed by atoms with Crippen molar-refractivity contribution in [2.75, 3.05) is 37.8 Å². The minimum Gasteiger partial charge on any atom is -0.351 e. The number of fused-ring (bicyclic) bond motifs is 3. The third-order valence-electron chi connectivity index (χ3n) is 6.15. The van der Waals surface area contributed by atoms with Crippen molar-refractivity contribution in [1.82, 2.24) is 9.88 Å². The predicted molar refractivity (Wildman–Crippen MR) is 91.6 cm³/mol. The normalized spacial score (nSPS) is 31.4. The summed E-state index contributed by atoms with van der Waals surface area (Å²) in [5.74, 6) is 0.191. The van der Waals surface area contributed by atoms with Gasteiger partial charge in [-0.3, -0.25) is 0 Å².